The number of nitrogens with zero attached hydrogens (tertiary/aromatic N) is 1. The van der Waals surface area contributed by atoms with Gasteiger partial charge in [-0.05, 0) is 12.1 Å². The molecule has 7 heteroatoms. The summed E-state index contributed by atoms with van der Waals surface area (Å²) in [5.74, 6) is -0.514. The van der Waals surface area contributed by atoms with E-state index < -0.39 is 11.9 Å². The highest BCUT2D eigenvalue weighted by Crippen LogP contribution is 2.39. The summed E-state index contributed by atoms with van der Waals surface area (Å²) < 4.78 is 0. The molecule has 0 radical (unpaired) electrons. The van der Waals surface area contributed by atoms with E-state index in [4.69, 9.17) is 19.8 Å². The van der Waals surface area contributed by atoms with Crippen molar-refractivity contribution in [2.75, 3.05) is 11.5 Å². The number of carboxylic acids is 2. The van der Waals surface area contributed by atoms with Crippen LogP contribution in [0.3, 0.4) is 0 Å². The normalized spacial score (nSPS) is 14.8. The summed E-state index contributed by atoms with van der Waals surface area (Å²) in [6, 6.07) is 6.16. The fraction of sp³-hybridized carbons (Fsp3) is 0.300. The van der Waals surface area contributed by atoms with Crippen molar-refractivity contribution in [3.8, 4) is 0 Å². The molecule has 0 spiro atoms. The monoisotopic (exact) mass is 273 g/mol. The minimum absolute atomic E-state index is 0.686. The standard InChI is InChI=1S/C8H9NS2.C2H2O4/c1-2-4-9-8(3-1)7-5-10-11-6-7;3-1(4)2(5)6/h1-4,7H,5-6H2;(H,3,4)(H,5,6). The van der Waals surface area contributed by atoms with Gasteiger partial charge in [-0.2, -0.15) is 0 Å². The number of carbonyl (C=O) groups is 2. The van der Waals surface area contributed by atoms with Crippen molar-refractivity contribution in [1.29, 1.82) is 0 Å². The Morgan fingerprint density at radius 2 is 1.76 bits per heavy atom. The van der Waals surface area contributed by atoms with E-state index in [0.29, 0.717) is 5.92 Å². The molecule has 1 fully saturated rings. The third kappa shape index (κ3) is 5.10. The minimum Gasteiger partial charge on any atom is -0.473 e. The van der Waals surface area contributed by atoms with Crippen LogP contribution >= 0.6 is 21.6 Å². The van der Waals surface area contributed by atoms with Gasteiger partial charge in [0.1, 0.15) is 0 Å². The van der Waals surface area contributed by atoms with Gasteiger partial charge in [0, 0.05) is 29.3 Å². The number of pyridine rings is 1. The first kappa shape index (κ1) is 13.9. The van der Waals surface area contributed by atoms with Gasteiger partial charge >= 0.3 is 11.9 Å². The molecular weight excluding hydrogens is 262 g/mol. The molecule has 1 aromatic heterocycles. The average Bonchev–Trinajstić information content (AvgIpc) is 2.84. The van der Waals surface area contributed by atoms with Crippen LogP contribution in [0.5, 0.6) is 0 Å². The maximum absolute atomic E-state index is 9.10. The molecule has 2 heterocycles. The van der Waals surface area contributed by atoms with E-state index in [1.165, 1.54) is 17.2 Å². The predicted molar refractivity (Wildman–Crippen MR) is 67.2 cm³/mol. The van der Waals surface area contributed by atoms with Crippen LogP contribution in [0.4, 0.5) is 0 Å². The molecule has 0 amide bonds. The Morgan fingerprint density at radius 3 is 2.18 bits per heavy atom. The molecule has 1 aliphatic rings. The zero-order valence-corrected chi connectivity index (χ0v) is 10.4. The number of hydrogen-bond acceptors (Lipinski definition) is 5. The molecular formula is C10H11NO4S2. The molecule has 1 aromatic rings. The lowest BCUT2D eigenvalue weighted by Crippen LogP contribution is -2.09. The van der Waals surface area contributed by atoms with Gasteiger partial charge in [0.25, 0.3) is 0 Å². The zero-order chi connectivity index (χ0) is 12.7. The van der Waals surface area contributed by atoms with Gasteiger partial charge in [0.2, 0.25) is 0 Å². The van der Waals surface area contributed by atoms with Crippen molar-refractivity contribution < 1.29 is 19.8 Å². The molecule has 2 rings (SSSR count). The van der Waals surface area contributed by atoms with Crippen LogP contribution in [0.15, 0.2) is 24.4 Å². The molecule has 0 aromatic carbocycles. The van der Waals surface area contributed by atoms with E-state index >= 15 is 0 Å². The highest BCUT2D eigenvalue weighted by molar-refractivity contribution is 8.77. The topological polar surface area (TPSA) is 87.5 Å². The summed E-state index contributed by atoms with van der Waals surface area (Å²) in [4.78, 5) is 22.5. The highest BCUT2D eigenvalue weighted by Gasteiger charge is 2.18. The average molecular weight is 273 g/mol. The van der Waals surface area contributed by atoms with Crippen molar-refractivity contribution >= 4 is 33.5 Å². The molecule has 0 atom stereocenters. The Morgan fingerprint density at radius 1 is 1.18 bits per heavy atom. The molecule has 1 aliphatic heterocycles. The van der Waals surface area contributed by atoms with Crippen LogP contribution in [0.1, 0.15) is 11.6 Å². The summed E-state index contributed by atoms with van der Waals surface area (Å²) in [5.41, 5.74) is 1.25. The van der Waals surface area contributed by atoms with Crippen molar-refractivity contribution in [1.82, 2.24) is 4.98 Å². The summed E-state index contributed by atoms with van der Waals surface area (Å²) in [6.45, 7) is 0. The lowest BCUT2D eigenvalue weighted by Gasteiger charge is -2.04. The third-order valence-electron chi connectivity index (χ3n) is 1.91. The molecule has 1 saturated heterocycles. The second-order valence-corrected chi connectivity index (χ2v) is 5.68. The Bertz CT molecular complexity index is 367. The Labute approximate surface area is 106 Å². The Kier molecular flexibility index (Phi) is 5.85. The molecule has 0 unspecified atom stereocenters. The van der Waals surface area contributed by atoms with Gasteiger partial charge in [0.15, 0.2) is 0 Å². The van der Waals surface area contributed by atoms with E-state index in [1.54, 1.807) is 0 Å². The summed E-state index contributed by atoms with van der Waals surface area (Å²) in [6.07, 6.45) is 1.88. The van der Waals surface area contributed by atoms with Crippen LogP contribution in [0.25, 0.3) is 0 Å². The first-order valence-corrected chi connectivity index (χ1v) is 7.21. The third-order valence-corrected chi connectivity index (χ3v) is 4.47. The fourth-order valence-electron chi connectivity index (χ4n) is 1.10. The van der Waals surface area contributed by atoms with E-state index in [-0.39, 0.29) is 0 Å². The second-order valence-electron chi connectivity index (χ2n) is 3.13. The molecule has 0 aliphatic carbocycles. The largest absolute Gasteiger partial charge is 0.473 e. The van der Waals surface area contributed by atoms with Crippen LogP contribution in [-0.2, 0) is 9.59 Å². The van der Waals surface area contributed by atoms with Gasteiger partial charge in [-0.15, -0.1) is 0 Å². The smallest absolute Gasteiger partial charge is 0.414 e. The van der Waals surface area contributed by atoms with Gasteiger partial charge in [0.05, 0.1) is 0 Å². The first-order chi connectivity index (χ1) is 8.11. The summed E-state index contributed by atoms with van der Waals surface area (Å²) in [7, 11) is 3.91. The molecule has 17 heavy (non-hydrogen) atoms. The lowest BCUT2D eigenvalue weighted by atomic mass is 10.1. The van der Waals surface area contributed by atoms with Crippen molar-refractivity contribution in [3.05, 3.63) is 30.1 Å². The van der Waals surface area contributed by atoms with E-state index in [1.807, 2.05) is 33.9 Å². The summed E-state index contributed by atoms with van der Waals surface area (Å²) >= 11 is 0. The van der Waals surface area contributed by atoms with Gasteiger partial charge in [-0.25, -0.2) is 9.59 Å². The van der Waals surface area contributed by atoms with E-state index in [0.717, 1.165) is 0 Å². The summed E-state index contributed by atoms with van der Waals surface area (Å²) in [5, 5.41) is 14.8. The van der Waals surface area contributed by atoms with E-state index in [9.17, 15) is 0 Å². The zero-order valence-electron chi connectivity index (χ0n) is 8.78. The second kappa shape index (κ2) is 7.18. The van der Waals surface area contributed by atoms with E-state index in [2.05, 4.69) is 17.1 Å². The highest BCUT2D eigenvalue weighted by atomic mass is 33.1. The van der Waals surface area contributed by atoms with Crippen molar-refractivity contribution in [2.24, 2.45) is 0 Å². The van der Waals surface area contributed by atoms with Crippen LogP contribution in [0.2, 0.25) is 0 Å². The van der Waals surface area contributed by atoms with Crippen LogP contribution in [0, 0.1) is 0 Å². The lowest BCUT2D eigenvalue weighted by molar-refractivity contribution is -0.159. The Balaban J connectivity index is 0.000000209. The number of rotatable bonds is 1. The number of aromatic nitrogens is 1. The molecule has 0 saturated carbocycles. The minimum atomic E-state index is -1.82. The quantitative estimate of drug-likeness (QED) is 0.595. The molecule has 92 valence electrons. The first-order valence-electron chi connectivity index (χ1n) is 4.73. The van der Waals surface area contributed by atoms with Gasteiger partial charge in [-0.3, -0.25) is 4.98 Å². The van der Waals surface area contributed by atoms with Crippen molar-refractivity contribution in [2.45, 2.75) is 5.92 Å². The molecule has 2 N–H and O–H groups in total. The van der Waals surface area contributed by atoms with Gasteiger partial charge < -0.3 is 10.2 Å². The van der Waals surface area contributed by atoms with Gasteiger partial charge in [-0.1, -0.05) is 27.7 Å². The SMILES string of the molecule is O=C(O)C(=O)O.c1ccc(C2CSSC2)nc1. The van der Waals surface area contributed by atoms with Crippen LogP contribution < -0.4 is 0 Å². The van der Waals surface area contributed by atoms with Crippen molar-refractivity contribution in [3.63, 3.8) is 0 Å². The maximum Gasteiger partial charge on any atom is 0.414 e. The molecule has 0 bridgehead atoms. The molecule has 5 nitrogen and oxygen atoms in total. The number of carboxylic acid groups (broad SMARTS) is 2. The fourth-order valence-corrected chi connectivity index (χ4v) is 3.91. The van der Waals surface area contributed by atoms with Crippen LogP contribution in [-0.4, -0.2) is 38.6 Å². The predicted octanol–water partition coefficient (Wildman–Crippen LogP) is 1.72. The Hall–Kier alpha value is -1.21. The number of hydrogen-bond donors (Lipinski definition) is 2. The maximum atomic E-state index is 9.10. The number of aliphatic carboxylic acids is 2.